The molecule has 0 aromatic carbocycles. The first-order valence-corrected chi connectivity index (χ1v) is 4.97. The molecule has 0 spiro atoms. The van der Waals surface area contributed by atoms with Gasteiger partial charge < -0.3 is 5.11 Å². The summed E-state index contributed by atoms with van der Waals surface area (Å²) in [5, 5.41) is 8.42. The van der Waals surface area contributed by atoms with Crippen LogP contribution < -0.4 is 0 Å². The van der Waals surface area contributed by atoms with E-state index in [2.05, 4.69) is 16.5 Å². The number of hydrogen-bond donors (Lipinski definition) is 1. The Morgan fingerprint density at radius 2 is 1.88 bits per heavy atom. The van der Waals surface area contributed by atoms with Crippen LogP contribution in [0.15, 0.2) is 60.7 Å². The van der Waals surface area contributed by atoms with Gasteiger partial charge in [0.25, 0.3) is 0 Å². The van der Waals surface area contributed by atoms with Crippen molar-refractivity contribution < 1.29 is 9.90 Å². The van der Waals surface area contributed by atoms with Crippen LogP contribution in [-0.4, -0.2) is 21.0 Å². The molecule has 0 aliphatic carbocycles. The maximum absolute atomic E-state index is 10.3. The molecule has 0 unspecified atom stereocenters. The summed E-state index contributed by atoms with van der Waals surface area (Å²) < 4.78 is 0. The number of nitrogens with zero attached hydrogens (tertiary/aromatic N) is 2. The van der Waals surface area contributed by atoms with Crippen LogP contribution in [0.1, 0.15) is 13.8 Å². The van der Waals surface area contributed by atoms with Gasteiger partial charge in [-0.25, -0.2) is 14.8 Å². The van der Waals surface area contributed by atoms with Crippen LogP contribution in [-0.2, 0) is 4.79 Å². The molecule has 4 heteroatoms. The Bertz CT molecular complexity index is 382. The first kappa shape index (κ1) is 14.8. The number of allylic oxidation sites excluding steroid dienone is 4. The average Bonchev–Trinajstić information content (AvgIpc) is 2.31. The smallest absolute Gasteiger partial charge is 0.331 e. The van der Waals surface area contributed by atoms with Gasteiger partial charge >= 0.3 is 5.97 Å². The van der Waals surface area contributed by atoms with Crippen LogP contribution >= 0.6 is 0 Å². The van der Waals surface area contributed by atoms with Crippen molar-refractivity contribution in [1.29, 1.82) is 0 Å². The molecule has 0 amide bonds. The molecule has 1 N–H and O–H groups in total. The van der Waals surface area contributed by atoms with Gasteiger partial charge in [0.1, 0.15) is 6.33 Å². The lowest BCUT2D eigenvalue weighted by Crippen LogP contribution is -1.94. The number of carboxylic acid groups (broad SMARTS) is 1. The molecule has 17 heavy (non-hydrogen) atoms. The highest BCUT2D eigenvalue weighted by Crippen LogP contribution is 1.95. The van der Waals surface area contributed by atoms with Gasteiger partial charge in [-0.1, -0.05) is 30.4 Å². The normalized spacial score (nSPS) is 10.6. The highest BCUT2D eigenvalue weighted by molar-refractivity contribution is 5.86. The van der Waals surface area contributed by atoms with Gasteiger partial charge in [-0.15, -0.1) is 0 Å². The third kappa shape index (κ3) is 10.1. The minimum absolute atomic E-state index is 0.322. The van der Waals surface area contributed by atoms with Gasteiger partial charge in [-0.2, -0.15) is 0 Å². The molecule has 1 aromatic rings. The molecule has 1 rings (SSSR count). The standard InChI is InChI=1S/C9H12O2.C4H4N2/c1-7(2)5-4-6-8(3)9(10)11;1-2-5-4-6-3-1/h4-6H,1H2,2-3H3,(H,10,11);1-4H/b5-4-,8-6+;. The summed E-state index contributed by atoms with van der Waals surface area (Å²) in [6.07, 6.45) is 9.84. The second-order valence-corrected chi connectivity index (χ2v) is 3.26. The summed E-state index contributed by atoms with van der Waals surface area (Å²) in [5.41, 5.74) is 1.22. The molecule has 0 fully saturated rings. The minimum atomic E-state index is -0.892. The lowest BCUT2D eigenvalue weighted by molar-refractivity contribution is -0.132. The maximum Gasteiger partial charge on any atom is 0.331 e. The summed E-state index contributed by atoms with van der Waals surface area (Å²) >= 11 is 0. The second kappa shape index (κ2) is 9.03. The van der Waals surface area contributed by atoms with Crippen molar-refractivity contribution in [2.24, 2.45) is 0 Å². The van der Waals surface area contributed by atoms with Gasteiger partial charge in [0.2, 0.25) is 0 Å². The molecule has 0 saturated carbocycles. The van der Waals surface area contributed by atoms with E-state index in [1.807, 2.05) is 6.92 Å². The largest absolute Gasteiger partial charge is 0.478 e. The highest BCUT2D eigenvalue weighted by atomic mass is 16.4. The number of carbonyl (C=O) groups is 1. The predicted octanol–water partition coefficient (Wildman–Crippen LogP) is 2.63. The Morgan fingerprint density at radius 3 is 2.18 bits per heavy atom. The molecule has 0 radical (unpaired) electrons. The number of rotatable bonds is 3. The van der Waals surface area contributed by atoms with E-state index in [1.54, 1.807) is 37.5 Å². The average molecular weight is 232 g/mol. The summed E-state index contributed by atoms with van der Waals surface area (Å²) in [7, 11) is 0. The van der Waals surface area contributed by atoms with Crippen LogP contribution in [0.4, 0.5) is 0 Å². The topological polar surface area (TPSA) is 63.1 Å². The monoisotopic (exact) mass is 232 g/mol. The molecule has 0 aliphatic rings. The predicted molar refractivity (Wildman–Crippen MR) is 67.4 cm³/mol. The van der Waals surface area contributed by atoms with Crippen molar-refractivity contribution in [3.63, 3.8) is 0 Å². The van der Waals surface area contributed by atoms with Crippen LogP contribution in [0.2, 0.25) is 0 Å². The van der Waals surface area contributed by atoms with E-state index in [4.69, 9.17) is 5.11 Å². The zero-order chi connectivity index (χ0) is 13.1. The van der Waals surface area contributed by atoms with E-state index in [0.29, 0.717) is 5.57 Å². The van der Waals surface area contributed by atoms with Crippen LogP contribution in [0.3, 0.4) is 0 Å². The minimum Gasteiger partial charge on any atom is -0.478 e. The van der Waals surface area contributed by atoms with Gasteiger partial charge in [0, 0.05) is 18.0 Å². The van der Waals surface area contributed by atoms with Gasteiger partial charge in [0.05, 0.1) is 0 Å². The molecular weight excluding hydrogens is 216 g/mol. The van der Waals surface area contributed by atoms with Crippen molar-refractivity contribution in [3.05, 3.63) is 60.7 Å². The molecule has 4 nitrogen and oxygen atoms in total. The zero-order valence-electron chi connectivity index (χ0n) is 10.00. The molecule has 0 atom stereocenters. The molecule has 0 saturated heterocycles. The van der Waals surface area contributed by atoms with Gasteiger partial charge in [-0.05, 0) is 19.9 Å². The van der Waals surface area contributed by atoms with Gasteiger partial charge in [-0.3, -0.25) is 0 Å². The summed E-state index contributed by atoms with van der Waals surface area (Å²) in [4.78, 5) is 17.6. The van der Waals surface area contributed by atoms with E-state index in [1.165, 1.54) is 12.4 Å². The molecular formula is C13H16N2O2. The fourth-order valence-electron chi connectivity index (χ4n) is 0.681. The third-order valence-electron chi connectivity index (χ3n) is 1.54. The Balaban J connectivity index is 0.000000354. The van der Waals surface area contributed by atoms with E-state index in [0.717, 1.165) is 5.57 Å². The van der Waals surface area contributed by atoms with Crippen molar-refractivity contribution in [1.82, 2.24) is 9.97 Å². The Kier molecular flexibility index (Phi) is 7.84. The Labute approximate surface area is 101 Å². The first-order valence-electron chi connectivity index (χ1n) is 4.97. The van der Waals surface area contributed by atoms with Crippen molar-refractivity contribution in [2.75, 3.05) is 0 Å². The van der Waals surface area contributed by atoms with Gasteiger partial charge in [0.15, 0.2) is 0 Å². The number of hydrogen-bond acceptors (Lipinski definition) is 3. The third-order valence-corrected chi connectivity index (χ3v) is 1.54. The lowest BCUT2D eigenvalue weighted by Gasteiger charge is -1.87. The number of carboxylic acids is 1. The summed E-state index contributed by atoms with van der Waals surface area (Å²) in [6.45, 7) is 7.03. The molecule has 1 aromatic heterocycles. The number of aliphatic carboxylic acids is 1. The fraction of sp³-hybridized carbons (Fsp3) is 0.154. The maximum atomic E-state index is 10.3. The van der Waals surface area contributed by atoms with E-state index in [9.17, 15) is 4.79 Å². The molecule has 1 heterocycles. The molecule has 90 valence electrons. The van der Waals surface area contributed by atoms with Crippen LogP contribution in [0.25, 0.3) is 0 Å². The lowest BCUT2D eigenvalue weighted by atomic mass is 10.2. The highest BCUT2D eigenvalue weighted by Gasteiger charge is 1.94. The number of aromatic nitrogens is 2. The molecule has 0 bridgehead atoms. The van der Waals surface area contributed by atoms with Crippen LogP contribution in [0.5, 0.6) is 0 Å². The zero-order valence-corrected chi connectivity index (χ0v) is 10.00. The SMILES string of the molecule is C=C(C)/C=C\C=C(/C)C(=O)O.c1cncnc1. The fourth-order valence-corrected chi connectivity index (χ4v) is 0.681. The summed E-state index contributed by atoms with van der Waals surface area (Å²) in [5.74, 6) is -0.892. The Hall–Kier alpha value is -2.23. The van der Waals surface area contributed by atoms with Crippen molar-refractivity contribution in [3.8, 4) is 0 Å². The Morgan fingerprint density at radius 1 is 1.29 bits per heavy atom. The van der Waals surface area contributed by atoms with E-state index in [-0.39, 0.29) is 0 Å². The summed E-state index contributed by atoms with van der Waals surface area (Å²) in [6, 6.07) is 1.78. The van der Waals surface area contributed by atoms with Crippen molar-refractivity contribution >= 4 is 5.97 Å². The first-order chi connectivity index (χ1) is 8.04. The van der Waals surface area contributed by atoms with E-state index < -0.39 is 5.97 Å². The van der Waals surface area contributed by atoms with E-state index >= 15 is 0 Å². The van der Waals surface area contributed by atoms with Crippen LogP contribution in [0, 0.1) is 0 Å². The van der Waals surface area contributed by atoms with Crippen molar-refractivity contribution in [2.45, 2.75) is 13.8 Å². The quantitative estimate of drug-likeness (QED) is 0.642. The molecule has 0 aliphatic heterocycles. The second-order valence-electron chi connectivity index (χ2n) is 3.26.